The van der Waals surface area contributed by atoms with E-state index in [1.165, 1.54) is 11.8 Å². The summed E-state index contributed by atoms with van der Waals surface area (Å²) in [6.45, 7) is 3.09. The number of pyridine rings is 1. The van der Waals surface area contributed by atoms with Crippen LogP contribution in [0.25, 0.3) is 0 Å². The number of nitrogens with zero attached hydrogens (tertiary/aromatic N) is 3. The van der Waals surface area contributed by atoms with Gasteiger partial charge in [-0.1, -0.05) is 6.07 Å². The predicted molar refractivity (Wildman–Crippen MR) is 96.9 cm³/mol. The summed E-state index contributed by atoms with van der Waals surface area (Å²) in [5.74, 6) is -0.729. The van der Waals surface area contributed by atoms with Gasteiger partial charge < -0.3 is 9.80 Å². The molecular weight excluding hydrogens is 358 g/mol. The van der Waals surface area contributed by atoms with Gasteiger partial charge in [-0.3, -0.25) is 4.98 Å². The van der Waals surface area contributed by atoms with E-state index in [-0.39, 0.29) is 0 Å². The summed E-state index contributed by atoms with van der Waals surface area (Å²) >= 11 is 0. The molecule has 0 radical (unpaired) electrons. The van der Waals surface area contributed by atoms with Gasteiger partial charge in [0.15, 0.2) is 0 Å². The van der Waals surface area contributed by atoms with Gasteiger partial charge in [0.05, 0.1) is 5.56 Å². The van der Waals surface area contributed by atoms with Crippen molar-refractivity contribution >= 4 is 5.69 Å². The molecule has 1 saturated heterocycles. The third kappa shape index (κ3) is 5.19. The van der Waals surface area contributed by atoms with Crippen molar-refractivity contribution in [3.63, 3.8) is 0 Å². The van der Waals surface area contributed by atoms with E-state index in [2.05, 4.69) is 9.88 Å². The Hall–Kier alpha value is -2.15. The summed E-state index contributed by atoms with van der Waals surface area (Å²) in [5, 5.41) is 0. The first-order valence-electron chi connectivity index (χ1n) is 9.02. The van der Waals surface area contributed by atoms with E-state index >= 15 is 0 Å². The quantitative estimate of drug-likeness (QED) is 0.707. The van der Waals surface area contributed by atoms with Gasteiger partial charge in [0.2, 0.25) is 0 Å². The monoisotopic (exact) mass is 381 g/mol. The van der Waals surface area contributed by atoms with Gasteiger partial charge in [-0.2, -0.15) is 13.2 Å². The van der Waals surface area contributed by atoms with E-state index in [1.54, 1.807) is 12.4 Å². The molecule has 0 amide bonds. The normalized spacial score (nSPS) is 16.1. The molecule has 0 saturated carbocycles. The Labute approximate surface area is 156 Å². The van der Waals surface area contributed by atoms with Crippen molar-refractivity contribution in [3.8, 4) is 0 Å². The van der Waals surface area contributed by atoms with Crippen molar-refractivity contribution in [2.75, 3.05) is 31.6 Å². The molecule has 1 fully saturated rings. The van der Waals surface area contributed by atoms with Crippen LogP contribution in [0.1, 0.15) is 24.0 Å². The summed E-state index contributed by atoms with van der Waals surface area (Å²) in [7, 11) is 1.89. The Balaban J connectivity index is 1.52. The maximum Gasteiger partial charge on any atom is 0.419 e. The number of hydrogen-bond donors (Lipinski definition) is 0. The van der Waals surface area contributed by atoms with Crippen molar-refractivity contribution in [1.82, 2.24) is 9.88 Å². The molecule has 0 N–H and O–H groups in total. The van der Waals surface area contributed by atoms with Crippen LogP contribution in [0.5, 0.6) is 0 Å². The van der Waals surface area contributed by atoms with E-state index in [1.807, 2.05) is 24.1 Å². The molecule has 146 valence electrons. The first-order valence-corrected chi connectivity index (χ1v) is 9.02. The lowest BCUT2D eigenvalue weighted by Crippen LogP contribution is -2.37. The van der Waals surface area contributed by atoms with Gasteiger partial charge in [0, 0.05) is 44.3 Å². The molecule has 3 rings (SSSR count). The highest BCUT2D eigenvalue weighted by Gasteiger charge is 2.34. The van der Waals surface area contributed by atoms with E-state index in [0.29, 0.717) is 18.0 Å². The Kier molecular flexibility index (Phi) is 5.99. The van der Waals surface area contributed by atoms with Gasteiger partial charge in [-0.25, -0.2) is 4.39 Å². The maximum absolute atomic E-state index is 13.4. The number of hydrogen-bond acceptors (Lipinski definition) is 3. The smallest absolute Gasteiger partial charge is 0.371 e. The van der Waals surface area contributed by atoms with Crippen LogP contribution < -0.4 is 4.90 Å². The molecular formula is C20H23F4N3. The Morgan fingerprint density at radius 1 is 1.11 bits per heavy atom. The minimum absolute atomic E-state index is 0.369. The predicted octanol–water partition coefficient (Wildman–Crippen LogP) is 4.59. The summed E-state index contributed by atoms with van der Waals surface area (Å²) in [6.07, 6.45) is 0.965. The van der Waals surface area contributed by atoms with Crippen molar-refractivity contribution < 1.29 is 17.6 Å². The lowest BCUT2D eigenvalue weighted by Gasteiger charge is -2.35. The van der Waals surface area contributed by atoms with Crippen LogP contribution in [0.4, 0.5) is 23.2 Å². The Bertz CT molecular complexity index is 741. The Morgan fingerprint density at radius 2 is 1.78 bits per heavy atom. The van der Waals surface area contributed by atoms with Gasteiger partial charge >= 0.3 is 6.18 Å². The topological polar surface area (TPSA) is 19.4 Å². The van der Waals surface area contributed by atoms with E-state index < -0.39 is 17.6 Å². The minimum Gasteiger partial charge on any atom is -0.371 e. The fourth-order valence-corrected chi connectivity index (χ4v) is 3.63. The third-order valence-corrected chi connectivity index (χ3v) is 5.00. The average Bonchev–Trinajstić information content (AvgIpc) is 2.64. The molecule has 1 aliphatic rings. The molecule has 0 bridgehead atoms. The number of halogens is 4. The first-order chi connectivity index (χ1) is 12.8. The second-order valence-electron chi connectivity index (χ2n) is 7.14. The molecule has 1 aliphatic heterocycles. The molecule has 0 aliphatic carbocycles. The highest BCUT2D eigenvalue weighted by molar-refractivity contribution is 5.44. The van der Waals surface area contributed by atoms with E-state index in [4.69, 9.17) is 0 Å². The fraction of sp³-hybridized carbons (Fsp3) is 0.450. The molecule has 0 atom stereocenters. The van der Waals surface area contributed by atoms with Crippen LogP contribution >= 0.6 is 0 Å². The largest absolute Gasteiger partial charge is 0.419 e. The second-order valence-corrected chi connectivity index (χ2v) is 7.14. The molecule has 3 nitrogen and oxygen atoms in total. The lowest BCUT2D eigenvalue weighted by molar-refractivity contribution is -0.140. The zero-order chi connectivity index (χ0) is 19.4. The molecule has 1 aromatic heterocycles. The number of alkyl halides is 3. The minimum atomic E-state index is -4.67. The van der Waals surface area contributed by atoms with Crippen LogP contribution in [-0.4, -0.2) is 36.6 Å². The van der Waals surface area contributed by atoms with Gasteiger partial charge in [-0.15, -0.1) is 0 Å². The van der Waals surface area contributed by atoms with Crippen molar-refractivity contribution in [3.05, 3.63) is 59.7 Å². The number of aromatic nitrogens is 1. The number of piperidine rings is 1. The molecule has 27 heavy (non-hydrogen) atoms. The van der Waals surface area contributed by atoms with E-state index in [0.717, 1.165) is 44.6 Å². The maximum atomic E-state index is 13.4. The molecule has 1 aromatic carbocycles. The second kappa shape index (κ2) is 8.25. The van der Waals surface area contributed by atoms with Crippen LogP contribution in [0.2, 0.25) is 0 Å². The van der Waals surface area contributed by atoms with Crippen LogP contribution in [-0.2, 0) is 12.7 Å². The van der Waals surface area contributed by atoms with Crippen LogP contribution in [0.3, 0.4) is 0 Å². The SMILES string of the molecule is CN(Cc1ccc(F)c(C(F)(F)F)c1)CC1CCN(c2ccncc2)CC1. The highest BCUT2D eigenvalue weighted by Crippen LogP contribution is 2.32. The van der Waals surface area contributed by atoms with Crippen molar-refractivity contribution in [2.45, 2.75) is 25.6 Å². The molecule has 0 spiro atoms. The zero-order valence-electron chi connectivity index (χ0n) is 15.2. The third-order valence-electron chi connectivity index (χ3n) is 5.00. The van der Waals surface area contributed by atoms with Crippen molar-refractivity contribution in [1.29, 1.82) is 0 Å². The van der Waals surface area contributed by atoms with E-state index in [9.17, 15) is 17.6 Å². The summed E-state index contributed by atoms with van der Waals surface area (Å²) in [6, 6.07) is 7.24. The molecule has 2 heterocycles. The molecule has 0 unspecified atom stereocenters. The van der Waals surface area contributed by atoms with Gasteiger partial charge in [0.25, 0.3) is 0 Å². The number of benzene rings is 1. The molecule has 2 aromatic rings. The standard InChI is InChI=1S/C20H23F4N3/c1-26(14-16-2-3-19(21)18(12-16)20(22,23)24)13-15-6-10-27(11-7-15)17-4-8-25-9-5-17/h2-5,8-9,12,15H,6-7,10-11,13-14H2,1H3. The Morgan fingerprint density at radius 3 is 2.41 bits per heavy atom. The summed E-state index contributed by atoms with van der Waals surface area (Å²) < 4.78 is 52.0. The molecule has 7 heteroatoms. The van der Waals surface area contributed by atoms with Crippen LogP contribution in [0.15, 0.2) is 42.7 Å². The first kappa shape index (κ1) is 19.6. The lowest BCUT2D eigenvalue weighted by atomic mass is 9.95. The number of rotatable bonds is 5. The average molecular weight is 381 g/mol. The zero-order valence-corrected chi connectivity index (χ0v) is 15.2. The van der Waals surface area contributed by atoms with Crippen LogP contribution in [0, 0.1) is 11.7 Å². The van der Waals surface area contributed by atoms with Gasteiger partial charge in [-0.05, 0) is 55.6 Å². The summed E-state index contributed by atoms with van der Waals surface area (Å²) in [5.41, 5.74) is 0.447. The fourth-order valence-electron chi connectivity index (χ4n) is 3.63. The summed E-state index contributed by atoms with van der Waals surface area (Å²) in [4.78, 5) is 8.38. The number of anilines is 1. The highest BCUT2D eigenvalue weighted by atomic mass is 19.4. The van der Waals surface area contributed by atoms with Gasteiger partial charge in [0.1, 0.15) is 5.82 Å². The van der Waals surface area contributed by atoms with Crippen molar-refractivity contribution in [2.24, 2.45) is 5.92 Å².